The highest BCUT2D eigenvalue weighted by molar-refractivity contribution is 5.26. The summed E-state index contributed by atoms with van der Waals surface area (Å²) in [5, 5.41) is 22.3. The van der Waals surface area contributed by atoms with Crippen molar-refractivity contribution in [1.29, 1.82) is 0 Å². The fourth-order valence-corrected chi connectivity index (χ4v) is 8.21. The van der Waals surface area contributed by atoms with Crippen LogP contribution in [0.5, 0.6) is 0 Å². The highest BCUT2D eigenvalue weighted by Crippen LogP contribution is 2.70. The van der Waals surface area contributed by atoms with E-state index in [1.54, 1.807) is 6.26 Å². The van der Waals surface area contributed by atoms with Crippen LogP contribution >= 0.6 is 0 Å². The molecule has 26 heavy (non-hydrogen) atoms. The average molecular weight is 359 g/mol. The van der Waals surface area contributed by atoms with Gasteiger partial charge in [0, 0.05) is 5.41 Å². The Morgan fingerprint density at radius 3 is 2.62 bits per heavy atom. The van der Waals surface area contributed by atoms with Crippen molar-refractivity contribution >= 4 is 0 Å². The third kappa shape index (κ3) is 2.08. The van der Waals surface area contributed by atoms with Crippen LogP contribution in [0, 0.1) is 28.6 Å². The Hall–Kier alpha value is -0.800. The predicted octanol–water partition coefficient (Wildman–Crippen LogP) is 4.88. The van der Waals surface area contributed by atoms with Gasteiger partial charge in [-0.1, -0.05) is 13.8 Å². The van der Waals surface area contributed by atoms with Crippen LogP contribution in [0.3, 0.4) is 0 Å². The van der Waals surface area contributed by atoms with E-state index in [1.807, 2.05) is 6.26 Å². The summed E-state index contributed by atoms with van der Waals surface area (Å²) in [6, 6.07) is 2.11. The number of aliphatic hydroxyl groups excluding tert-OH is 1. The first-order valence-electron chi connectivity index (χ1n) is 10.8. The number of hydrogen-bond donors (Lipinski definition) is 2. The molecule has 1 aromatic rings. The predicted molar refractivity (Wildman–Crippen MR) is 101 cm³/mol. The molecule has 4 fully saturated rings. The van der Waals surface area contributed by atoms with Gasteiger partial charge in [-0.05, 0) is 98.5 Å². The Morgan fingerprint density at radius 1 is 1.00 bits per heavy atom. The van der Waals surface area contributed by atoms with E-state index in [0.717, 1.165) is 44.9 Å². The van der Waals surface area contributed by atoms with E-state index in [2.05, 4.69) is 19.9 Å². The summed E-state index contributed by atoms with van der Waals surface area (Å²) in [5.41, 5.74) is 1.02. The minimum Gasteiger partial charge on any atom is -0.472 e. The number of hydrogen-bond acceptors (Lipinski definition) is 3. The Labute approximate surface area is 157 Å². The molecule has 4 aliphatic rings. The largest absolute Gasteiger partial charge is 0.472 e. The van der Waals surface area contributed by atoms with Gasteiger partial charge in [-0.3, -0.25) is 0 Å². The van der Waals surface area contributed by atoms with E-state index in [1.165, 1.54) is 18.4 Å². The molecule has 0 spiro atoms. The Balaban J connectivity index is 1.49. The summed E-state index contributed by atoms with van der Waals surface area (Å²) < 4.78 is 5.38. The van der Waals surface area contributed by atoms with Crippen molar-refractivity contribution in [3.63, 3.8) is 0 Å². The lowest BCUT2D eigenvalue weighted by molar-refractivity contribution is -0.205. The van der Waals surface area contributed by atoms with Crippen LogP contribution in [0.4, 0.5) is 0 Å². The van der Waals surface area contributed by atoms with Crippen molar-refractivity contribution in [3.05, 3.63) is 24.2 Å². The molecule has 8 atom stereocenters. The van der Waals surface area contributed by atoms with E-state index in [0.29, 0.717) is 29.1 Å². The van der Waals surface area contributed by atoms with Crippen molar-refractivity contribution in [2.24, 2.45) is 28.6 Å². The summed E-state index contributed by atoms with van der Waals surface area (Å²) in [4.78, 5) is 0. The molecule has 0 aliphatic heterocycles. The van der Waals surface area contributed by atoms with Gasteiger partial charge in [0.2, 0.25) is 0 Å². The first kappa shape index (κ1) is 17.3. The maximum atomic E-state index is 12.1. The molecular formula is C23H34O3. The monoisotopic (exact) mass is 358 g/mol. The quantitative estimate of drug-likeness (QED) is 0.752. The standard InChI is InChI=1S/C23H34O3/c1-21-9-5-17(24)13-16(21)3-4-20-19(21)6-10-22(2)18(7-11-23(20,22)25)15-8-12-26-14-15/h8,12,14,16-20,24-25H,3-7,9-11,13H2,1-2H3/t16-,17+,18-,19+,20-,21+,22-,23+/m1/s1. The summed E-state index contributed by atoms with van der Waals surface area (Å²) in [6.07, 6.45) is 13.3. The van der Waals surface area contributed by atoms with Crippen molar-refractivity contribution in [2.45, 2.75) is 89.3 Å². The Kier molecular flexibility index (Phi) is 3.73. The van der Waals surface area contributed by atoms with Crippen LogP contribution in [0.1, 0.15) is 83.1 Å². The Morgan fingerprint density at radius 2 is 1.85 bits per heavy atom. The summed E-state index contributed by atoms with van der Waals surface area (Å²) in [6.45, 7) is 4.84. The van der Waals surface area contributed by atoms with Crippen LogP contribution in [-0.4, -0.2) is 21.9 Å². The lowest BCUT2D eigenvalue weighted by atomic mass is 9.43. The minimum absolute atomic E-state index is 0.0323. The molecule has 1 aromatic heterocycles. The Bertz CT molecular complexity index is 669. The second kappa shape index (κ2) is 5.61. The zero-order valence-electron chi connectivity index (χ0n) is 16.3. The molecule has 5 rings (SSSR count). The molecule has 0 radical (unpaired) electrons. The van der Waals surface area contributed by atoms with Gasteiger partial charge in [-0.25, -0.2) is 0 Å². The fraction of sp³-hybridized carbons (Fsp3) is 0.826. The SMILES string of the molecule is C[C@]12CC[C@H](O)C[C@H]1CC[C@@H]1[C@@H]2CC[C@]2(C)[C@@H](c3ccoc3)CC[C@]12O. The van der Waals surface area contributed by atoms with Crippen molar-refractivity contribution in [1.82, 2.24) is 0 Å². The van der Waals surface area contributed by atoms with E-state index in [9.17, 15) is 10.2 Å². The third-order valence-corrected chi connectivity index (χ3v) is 9.77. The van der Waals surface area contributed by atoms with Crippen molar-refractivity contribution in [2.75, 3.05) is 0 Å². The minimum atomic E-state index is -0.540. The molecule has 0 unspecified atom stereocenters. The van der Waals surface area contributed by atoms with Crippen LogP contribution < -0.4 is 0 Å². The topological polar surface area (TPSA) is 53.6 Å². The number of fused-ring (bicyclic) bond motifs is 5. The first-order chi connectivity index (χ1) is 12.4. The molecule has 4 saturated carbocycles. The third-order valence-electron chi connectivity index (χ3n) is 9.77. The molecule has 0 amide bonds. The molecule has 0 saturated heterocycles. The van der Waals surface area contributed by atoms with Gasteiger partial charge in [0.1, 0.15) is 0 Å². The highest BCUT2D eigenvalue weighted by Gasteiger charge is 2.67. The second-order valence-electron chi connectivity index (χ2n) is 10.4. The van der Waals surface area contributed by atoms with Gasteiger partial charge >= 0.3 is 0 Å². The lowest BCUT2D eigenvalue weighted by Gasteiger charge is -2.63. The molecule has 1 heterocycles. The zero-order valence-corrected chi connectivity index (χ0v) is 16.3. The summed E-state index contributed by atoms with van der Waals surface area (Å²) in [5.74, 6) is 2.11. The molecule has 0 bridgehead atoms. The molecule has 4 aliphatic carbocycles. The smallest absolute Gasteiger partial charge is 0.0937 e. The molecule has 3 nitrogen and oxygen atoms in total. The van der Waals surface area contributed by atoms with E-state index >= 15 is 0 Å². The molecule has 144 valence electrons. The van der Waals surface area contributed by atoms with E-state index in [4.69, 9.17) is 4.42 Å². The second-order valence-corrected chi connectivity index (χ2v) is 10.4. The number of aliphatic hydroxyl groups is 2. The normalized spacial score (nSPS) is 53.6. The van der Waals surface area contributed by atoms with Crippen LogP contribution in [0.15, 0.2) is 23.0 Å². The lowest BCUT2D eigenvalue weighted by Crippen LogP contribution is -2.62. The molecule has 2 N–H and O–H groups in total. The van der Waals surface area contributed by atoms with Crippen molar-refractivity contribution < 1.29 is 14.6 Å². The van der Waals surface area contributed by atoms with E-state index in [-0.39, 0.29) is 11.5 Å². The summed E-state index contributed by atoms with van der Waals surface area (Å²) in [7, 11) is 0. The van der Waals surface area contributed by atoms with E-state index < -0.39 is 5.60 Å². The van der Waals surface area contributed by atoms with Gasteiger partial charge in [0.05, 0.1) is 24.2 Å². The van der Waals surface area contributed by atoms with Gasteiger partial charge < -0.3 is 14.6 Å². The van der Waals surface area contributed by atoms with Gasteiger partial charge in [0.25, 0.3) is 0 Å². The maximum Gasteiger partial charge on any atom is 0.0937 e. The zero-order chi connectivity index (χ0) is 18.2. The van der Waals surface area contributed by atoms with Gasteiger partial charge in [0.15, 0.2) is 0 Å². The fourth-order valence-electron chi connectivity index (χ4n) is 8.21. The summed E-state index contributed by atoms with van der Waals surface area (Å²) >= 11 is 0. The number of rotatable bonds is 1. The average Bonchev–Trinajstić information content (AvgIpc) is 3.21. The van der Waals surface area contributed by atoms with Crippen LogP contribution in [0.25, 0.3) is 0 Å². The number of furan rings is 1. The van der Waals surface area contributed by atoms with Gasteiger partial charge in [-0.15, -0.1) is 0 Å². The van der Waals surface area contributed by atoms with Crippen LogP contribution in [0.2, 0.25) is 0 Å². The first-order valence-corrected chi connectivity index (χ1v) is 10.8. The maximum absolute atomic E-state index is 12.1. The molecule has 0 aromatic carbocycles. The highest BCUT2D eigenvalue weighted by atomic mass is 16.3. The van der Waals surface area contributed by atoms with Crippen LogP contribution in [-0.2, 0) is 0 Å². The van der Waals surface area contributed by atoms with Gasteiger partial charge in [-0.2, -0.15) is 0 Å². The molecule has 3 heteroatoms. The molecular weight excluding hydrogens is 324 g/mol. The van der Waals surface area contributed by atoms with Crippen molar-refractivity contribution in [3.8, 4) is 0 Å².